The van der Waals surface area contributed by atoms with Crippen molar-refractivity contribution in [2.75, 3.05) is 5.73 Å². The standard InChI is InChI=1S/C9H6Cl2N4O2/c10-4-1-6(11)8(13-2-4)15-7(12)5(3-14-15)9(16)17/h1-3H,12H2,(H,16,17). The minimum atomic E-state index is -1.17. The lowest BCUT2D eigenvalue weighted by Crippen LogP contribution is -2.07. The molecule has 0 aliphatic carbocycles. The number of pyridine rings is 1. The number of nitrogens with two attached hydrogens (primary N) is 1. The number of carbonyl (C=O) groups is 1. The molecule has 0 amide bonds. The Labute approximate surface area is 106 Å². The second-order valence-electron chi connectivity index (χ2n) is 3.12. The highest BCUT2D eigenvalue weighted by Gasteiger charge is 2.17. The molecule has 0 saturated carbocycles. The predicted octanol–water partition coefficient (Wildman–Crippen LogP) is 1.85. The second kappa shape index (κ2) is 4.23. The molecule has 2 heterocycles. The number of nitrogen functional groups attached to an aromatic ring is 1. The summed E-state index contributed by atoms with van der Waals surface area (Å²) in [6, 6.07) is 1.47. The van der Waals surface area contributed by atoms with Gasteiger partial charge >= 0.3 is 5.97 Å². The zero-order valence-corrected chi connectivity index (χ0v) is 9.77. The van der Waals surface area contributed by atoms with Crippen LogP contribution in [0.25, 0.3) is 5.82 Å². The Morgan fingerprint density at radius 3 is 2.65 bits per heavy atom. The molecule has 0 spiro atoms. The number of hydrogen-bond donors (Lipinski definition) is 2. The van der Waals surface area contributed by atoms with E-state index in [4.69, 9.17) is 34.0 Å². The van der Waals surface area contributed by atoms with Crippen LogP contribution in [0.2, 0.25) is 10.0 Å². The molecule has 2 aromatic rings. The van der Waals surface area contributed by atoms with Crippen LogP contribution in [0.5, 0.6) is 0 Å². The number of aromatic nitrogens is 3. The van der Waals surface area contributed by atoms with Gasteiger partial charge in [-0.1, -0.05) is 23.2 Å². The summed E-state index contributed by atoms with van der Waals surface area (Å²) in [6.07, 6.45) is 2.49. The van der Waals surface area contributed by atoms with Crippen molar-refractivity contribution in [3.63, 3.8) is 0 Å². The lowest BCUT2D eigenvalue weighted by atomic mass is 10.3. The third-order valence-corrected chi connectivity index (χ3v) is 2.51. The lowest BCUT2D eigenvalue weighted by Gasteiger charge is -2.05. The smallest absolute Gasteiger partial charge is 0.341 e. The summed E-state index contributed by atoms with van der Waals surface area (Å²) in [5, 5.41) is 13.2. The first-order valence-corrected chi connectivity index (χ1v) is 5.14. The Bertz CT molecular complexity index is 597. The number of carboxylic acid groups (broad SMARTS) is 1. The number of hydrogen-bond acceptors (Lipinski definition) is 4. The van der Waals surface area contributed by atoms with E-state index in [1.807, 2.05) is 0 Å². The van der Waals surface area contributed by atoms with Crippen molar-refractivity contribution in [3.05, 3.63) is 34.1 Å². The number of rotatable bonds is 2. The van der Waals surface area contributed by atoms with Gasteiger partial charge in [0.2, 0.25) is 0 Å². The Balaban J connectivity index is 2.57. The van der Waals surface area contributed by atoms with Crippen LogP contribution in [0.3, 0.4) is 0 Å². The van der Waals surface area contributed by atoms with Crippen molar-refractivity contribution >= 4 is 35.0 Å². The molecule has 8 heteroatoms. The topological polar surface area (TPSA) is 94.0 Å². The van der Waals surface area contributed by atoms with E-state index in [1.54, 1.807) is 0 Å². The fourth-order valence-corrected chi connectivity index (χ4v) is 1.71. The van der Waals surface area contributed by atoms with Crippen LogP contribution < -0.4 is 5.73 Å². The van der Waals surface area contributed by atoms with E-state index in [1.165, 1.54) is 12.3 Å². The van der Waals surface area contributed by atoms with Crippen molar-refractivity contribution in [2.45, 2.75) is 0 Å². The van der Waals surface area contributed by atoms with Crippen molar-refractivity contribution < 1.29 is 9.90 Å². The van der Waals surface area contributed by atoms with E-state index in [-0.39, 0.29) is 22.2 Å². The zero-order chi connectivity index (χ0) is 12.6. The molecule has 0 radical (unpaired) electrons. The maximum Gasteiger partial charge on any atom is 0.341 e. The molecule has 0 bridgehead atoms. The van der Waals surface area contributed by atoms with Gasteiger partial charge in [0, 0.05) is 6.20 Å². The fourth-order valence-electron chi connectivity index (χ4n) is 1.25. The van der Waals surface area contributed by atoms with Crippen molar-refractivity contribution in [3.8, 4) is 5.82 Å². The fraction of sp³-hybridized carbons (Fsp3) is 0. The number of halogens is 2. The third-order valence-electron chi connectivity index (χ3n) is 2.03. The van der Waals surface area contributed by atoms with Gasteiger partial charge in [-0.25, -0.2) is 9.78 Å². The highest BCUT2D eigenvalue weighted by atomic mass is 35.5. The van der Waals surface area contributed by atoms with Crippen LogP contribution in [0.1, 0.15) is 10.4 Å². The maximum atomic E-state index is 10.8. The summed E-state index contributed by atoms with van der Waals surface area (Å²) in [6.45, 7) is 0. The lowest BCUT2D eigenvalue weighted by molar-refractivity contribution is 0.0698. The highest BCUT2D eigenvalue weighted by molar-refractivity contribution is 6.35. The molecule has 0 unspecified atom stereocenters. The molecule has 0 fully saturated rings. The first-order chi connectivity index (χ1) is 8.00. The first-order valence-electron chi connectivity index (χ1n) is 4.39. The van der Waals surface area contributed by atoms with Gasteiger partial charge in [0.25, 0.3) is 0 Å². The molecule has 17 heavy (non-hydrogen) atoms. The average Bonchev–Trinajstić information content (AvgIpc) is 2.60. The van der Waals surface area contributed by atoms with Crippen LogP contribution in [-0.4, -0.2) is 25.8 Å². The van der Waals surface area contributed by atoms with Crippen molar-refractivity contribution in [1.82, 2.24) is 14.8 Å². The maximum absolute atomic E-state index is 10.8. The molecule has 0 aliphatic heterocycles. The van der Waals surface area contributed by atoms with Crippen LogP contribution in [0.4, 0.5) is 5.82 Å². The van der Waals surface area contributed by atoms with E-state index in [0.717, 1.165) is 10.9 Å². The normalized spacial score (nSPS) is 10.5. The van der Waals surface area contributed by atoms with Crippen molar-refractivity contribution in [1.29, 1.82) is 0 Å². The van der Waals surface area contributed by atoms with Gasteiger partial charge in [0.1, 0.15) is 11.4 Å². The van der Waals surface area contributed by atoms with Gasteiger partial charge in [-0.15, -0.1) is 0 Å². The minimum absolute atomic E-state index is 0.0470. The summed E-state index contributed by atoms with van der Waals surface area (Å²) in [4.78, 5) is 14.7. The summed E-state index contributed by atoms with van der Waals surface area (Å²) in [5.41, 5.74) is 5.52. The average molecular weight is 273 g/mol. The van der Waals surface area contributed by atoms with Crippen LogP contribution in [-0.2, 0) is 0 Å². The summed E-state index contributed by atoms with van der Waals surface area (Å²) < 4.78 is 1.14. The SMILES string of the molecule is Nc1c(C(=O)O)cnn1-c1ncc(Cl)cc1Cl. The molecule has 2 rings (SSSR count). The Morgan fingerprint density at radius 1 is 1.41 bits per heavy atom. The summed E-state index contributed by atoms with van der Waals surface area (Å²) in [5.74, 6) is -0.992. The quantitative estimate of drug-likeness (QED) is 0.870. The molecule has 0 aliphatic rings. The molecule has 3 N–H and O–H groups in total. The largest absolute Gasteiger partial charge is 0.477 e. The Hall–Kier alpha value is -1.79. The van der Waals surface area contributed by atoms with Gasteiger partial charge in [-0.3, -0.25) is 0 Å². The van der Waals surface area contributed by atoms with Crippen LogP contribution in [0.15, 0.2) is 18.5 Å². The third kappa shape index (κ3) is 2.04. The molecule has 0 atom stereocenters. The minimum Gasteiger partial charge on any atom is -0.477 e. The van der Waals surface area contributed by atoms with Crippen LogP contribution >= 0.6 is 23.2 Å². The molecule has 0 aromatic carbocycles. The molecule has 2 aromatic heterocycles. The summed E-state index contributed by atoms with van der Waals surface area (Å²) >= 11 is 11.6. The van der Waals surface area contributed by atoms with Gasteiger partial charge in [0.15, 0.2) is 5.82 Å². The van der Waals surface area contributed by atoms with Gasteiger partial charge < -0.3 is 10.8 Å². The van der Waals surface area contributed by atoms with E-state index in [2.05, 4.69) is 10.1 Å². The van der Waals surface area contributed by atoms with Gasteiger partial charge in [0.05, 0.1) is 16.2 Å². The monoisotopic (exact) mass is 272 g/mol. The number of nitrogens with zero attached hydrogens (tertiary/aromatic N) is 3. The van der Waals surface area contributed by atoms with E-state index in [9.17, 15) is 4.79 Å². The molecule has 88 valence electrons. The highest BCUT2D eigenvalue weighted by Crippen LogP contribution is 2.24. The molecule has 6 nitrogen and oxygen atoms in total. The Morgan fingerprint density at radius 2 is 2.12 bits per heavy atom. The zero-order valence-electron chi connectivity index (χ0n) is 8.26. The molecular formula is C9H6Cl2N4O2. The van der Waals surface area contributed by atoms with Crippen LogP contribution in [0, 0.1) is 0 Å². The predicted molar refractivity (Wildman–Crippen MR) is 62.8 cm³/mol. The van der Waals surface area contributed by atoms with Gasteiger partial charge in [-0.05, 0) is 6.07 Å². The van der Waals surface area contributed by atoms with E-state index < -0.39 is 5.97 Å². The Kier molecular flexibility index (Phi) is 2.91. The number of aromatic carboxylic acids is 1. The summed E-state index contributed by atoms with van der Waals surface area (Å²) in [7, 11) is 0. The van der Waals surface area contributed by atoms with E-state index >= 15 is 0 Å². The van der Waals surface area contributed by atoms with Gasteiger partial charge in [-0.2, -0.15) is 9.78 Å². The number of anilines is 1. The molecular weight excluding hydrogens is 267 g/mol. The molecule has 0 saturated heterocycles. The van der Waals surface area contributed by atoms with Crippen molar-refractivity contribution in [2.24, 2.45) is 0 Å². The number of carboxylic acids is 1. The second-order valence-corrected chi connectivity index (χ2v) is 3.96. The first kappa shape index (κ1) is 11.7. The van der Waals surface area contributed by atoms with E-state index in [0.29, 0.717) is 5.02 Å².